The molecule has 2 fully saturated rings. The van der Waals surface area contributed by atoms with Gasteiger partial charge >= 0.3 is 0 Å². The highest BCUT2D eigenvalue weighted by atomic mass is 32.2. The number of nitrogens with one attached hydrogen (secondary N) is 3. The third kappa shape index (κ3) is 15.3. The molecule has 4 rings (SSSR count). The molecule has 29 nitrogen and oxygen atoms in total. The summed E-state index contributed by atoms with van der Waals surface area (Å²) in [6, 6.07) is 0. The number of anilines is 1. The molecule has 2 aromatic heterocycles. The van der Waals surface area contributed by atoms with Crippen molar-refractivity contribution < 1.29 is 90.1 Å². The Hall–Kier alpha value is -3.54. The largest absolute Gasteiger partial charge is 0.790 e. The van der Waals surface area contributed by atoms with E-state index < -0.39 is 89.8 Å². The number of phosphoric ester groups is 3. The Morgan fingerprint density at radius 2 is 1.72 bits per heavy atom. The molecule has 2 aliphatic rings. The number of imidazole rings is 1. The number of fused-ring (bicyclic) bond motifs is 1. The number of carbonyl (C=O) groups is 5. The number of hydrazine groups is 1. The minimum Gasteiger partial charge on any atom is -0.790 e. The van der Waals surface area contributed by atoms with Crippen LogP contribution in [0, 0.1) is 5.41 Å². The Labute approximate surface area is 368 Å². The summed E-state index contributed by atoms with van der Waals surface area (Å²) in [5.41, 5.74) is 6.04. The fourth-order valence-corrected chi connectivity index (χ4v) is 9.90. The molecule has 360 valence electrons. The highest BCUT2D eigenvalue weighted by molar-refractivity contribution is 8.00. The number of nitrogens with two attached hydrogens (primary N) is 2. The summed E-state index contributed by atoms with van der Waals surface area (Å²) in [4.78, 5) is 122. The average molecular weight is 989 g/mol. The van der Waals surface area contributed by atoms with Gasteiger partial charge in [0.05, 0.1) is 32.6 Å². The van der Waals surface area contributed by atoms with Crippen molar-refractivity contribution in [2.45, 2.75) is 88.3 Å². The van der Waals surface area contributed by atoms with Gasteiger partial charge in [-0.15, -0.1) is 11.8 Å². The fraction of sp³-hybridized carbons (Fsp3) is 0.677. The lowest BCUT2D eigenvalue weighted by Crippen LogP contribution is -2.46. The van der Waals surface area contributed by atoms with Gasteiger partial charge in [-0.05, 0) is 12.8 Å². The van der Waals surface area contributed by atoms with Crippen LogP contribution in [-0.4, -0.2) is 132 Å². The van der Waals surface area contributed by atoms with E-state index in [0.717, 1.165) is 17.2 Å². The molecule has 9 N–H and O–H groups in total. The van der Waals surface area contributed by atoms with Crippen LogP contribution in [-0.2, 0) is 60.3 Å². The number of thioether (sulfide) groups is 1. The maximum atomic E-state index is 12.7. The number of hydrogen-bond acceptors (Lipinski definition) is 25. The van der Waals surface area contributed by atoms with Crippen LogP contribution in [0.5, 0.6) is 0 Å². The number of ether oxygens (including phenoxy) is 1. The van der Waals surface area contributed by atoms with Gasteiger partial charge in [-0.1, -0.05) is 20.3 Å². The van der Waals surface area contributed by atoms with E-state index in [1.165, 1.54) is 30.5 Å². The van der Waals surface area contributed by atoms with E-state index in [1.54, 1.807) is 0 Å². The monoisotopic (exact) mass is 988 g/mol. The zero-order chi connectivity index (χ0) is 47.6. The molecule has 64 heavy (non-hydrogen) atoms. The average Bonchev–Trinajstić information content (AvgIpc) is 3.86. The van der Waals surface area contributed by atoms with Gasteiger partial charge in [-0.25, -0.2) is 25.1 Å². The highest BCUT2D eigenvalue weighted by Gasteiger charge is 2.47. The quantitative estimate of drug-likeness (QED) is 0.0116. The van der Waals surface area contributed by atoms with E-state index in [0.29, 0.717) is 25.0 Å². The minimum atomic E-state index is -5.94. The molecular formula is C31H47N10O19P3S-4. The Balaban J connectivity index is 1.17. The second-order valence-corrected chi connectivity index (χ2v) is 20.2. The second-order valence-electron chi connectivity index (χ2n) is 14.8. The summed E-state index contributed by atoms with van der Waals surface area (Å²) in [5.74, 6) is 2.72. The van der Waals surface area contributed by atoms with Gasteiger partial charge in [0, 0.05) is 50.1 Å². The number of carbonyl (C=O) groups excluding carboxylic acids is 5. The third-order valence-electron chi connectivity index (χ3n) is 9.45. The van der Waals surface area contributed by atoms with Crippen LogP contribution >= 0.6 is 35.2 Å². The molecule has 4 heterocycles. The van der Waals surface area contributed by atoms with Crippen LogP contribution in [0.15, 0.2) is 12.7 Å². The maximum absolute atomic E-state index is 12.7. The van der Waals surface area contributed by atoms with Crippen molar-refractivity contribution in [2.24, 2.45) is 11.3 Å². The van der Waals surface area contributed by atoms with Gasteiger partial charge in [0.25, 0.3) is 15.6 Å². The lowest BCUT2D eigenvalue weighted by atomic mass is 9.87. The lowest BCUT2D eigenvalue weighted by Gasteiger charge is -2.36. The van der Waals surface area contributed by atoms with Crippen molar-refractivity contribution in [1.29, 1.82) is 0 Å². The molecule has 3 unspecified atom stereocenters. The summed E-state index contributed by atoms with van der Waals surface area (Å²) in [6.07, 6.45) is -5.83. The predicted molar refractivity (Wildman–Crippen MR) is 209 cm³/mol. The minimum absolute atomic E-state index is 0.0133. The first-order chi connectivity index (χ1) is 29.8. The number of imide groups is 1. The summed E-state index contributed by atoms with van der Waals surface area (Å²) < 4.78 is 60.7. The smallest absolute Gasteiger partial charge is 0.274 e. The first-order valence-corrected chi connectivity index (χ1v) is 24.5. The van der Waals surface area contributed by atoms with E-state index >= 15 is 0 Å². The standard InChI is InChI=1S/C31H51N10O19P3S/c1-31(2,25(46)28(47)35-8-7-19(42)34-9-11-64-18-12-21(44)40(29(18)48)10-5-3-4-6-20(43)39-33)14-57-63(54,55)60-62(52,53)56-13-17-24(59-61(49,50)51)23(45)30(58-17)41-16-38-22-26(32)36-15-37-27(22)41/h15-18,23-25,30,45-46H,3-14,33H2,1-2H3,(H,34,42)(H,35,47)(H,39,43)(H,52,53)(H,54,55)(H2,32,36,37)(H2,49,50,51)/p-4/t17-,18+,23+,24?,25+,30-/m1/s1. The molecule has 5 amide bonds. The molecule has 0 aromatic carbocycles. The Morgan fingerprint density at radius 1 is 1.02 bits per heavy atom. The number of phosphoric acid groups is 3. The number of hydrogen-bond donors (Lipinski definition) is 7. The fourth-order valence-electron chi connectivity index (χ4n) is 6.13. The van der Waals surface area contributed by atoms with Crippen LogP contribution < -0.4 is 47.2 Å². The van der Waals surface area contributed by atoms with Crippen LogP contribution in [0.25, 0.3) is 11.2 Å². The summed E-state index contributed by atoms with van der Waals surface area (Å²) in [7, 11) is -17.7. The third-order valence-corrected chi connectivity index (χ3v) is 13.7. The highest BCUT2D eigenvalue weighted by Crippen LogP contribution is 2.56. The molecular weight excluding hydrogens is 941 g/mol. The van der Waals surface area contributed by atoms with Crippen LogP contribution in [0.4, 0.5) is 5.82 Å². The van der Waals surface area contributed by atoms with Crippen LogP contribution in [0.3, 0.4) is 0 Å². The van der Waals surface area contributed by atoms with Crippen molar-refractivity contribution >= 4 is 81.7 Å². The Morgan fingerprint density at radius 3 is 2.41 bits per heavy atom. The second kappa shape index (κ2) is 22.8. The molecule has 0 radical (unpaired) electrons. The molecule has 0 bridgehead atoms. The number of aliphatic hydroxyl groups excluding tert-OH is 2. The van der Waals surface area contributed by atoms with E-state index in [4.69, 9.17) is 16.3 Å². The molecule has 2 saturated heterocycles. The molecule has 2 aliphatic heterocycles. The van der Waals surface area contributed by atoms with Crippen molar-refractivity contribution in [1.82, 2.24) is 40.5 Å². The molecule has 8 atom stereocenters. The van der Waals surface area contributed by atoms with Crippen LogP contribution in [0.1, 0.15) is 58.6 Å². The first kappa shape index (κ1) is 53.1. The number of rotatable bonds is 26. The topological polar surface area (TPSA) is 450 Å². The number of amides is 5. The van der Waals surface area contributed by atoms with Gasteiger partial charge in [-0.2, -0.15) is 0 Å². The van der Waals surface area contributed by atoms with Gasteiger partial charge in [0.15, 0.2) is 17.7 Å². The number of aromatic nitrogens is 4. The molecule has 0 spiro atoms. The van der Waals surface area contributed by atoms with Gasteiger partial charge in [0.1, 0.15) is 36.3 Å². The lowest BCUT2D eigenvalue weighted by molar-refractivity contribution is -0.347. The summed E-state index contributed by atoms with van der Waals surface area (Å²) in [6.45, 7) is 0.116. The van der Waals surface area contributed by atoms with Crippen LogP contribution in [0.2, 0.25) is 0 Å². The van der Waals surface area contributed by atoms with E-state index in [1.807, 2.05) is 5.43 Å². The summed E-state index contributed by atoms with van der Waals surface area (Å²) in [5, 5.41) is 25.7. The molecule has 33 heteroatoms. The zero-order valence-corrected chi connectivity index (χ0v) is 37.6. The number of unbranched alkanes of at least 4 members (excludes halogenated alkanes) is 2. The number of likely N-dealkylation sites (tertiary alicyclic amines) is 1. The number of nitrogen functional groups attached to an aromatic ring is 1. The zero-order valence-electron chi connectivity index (χ0n) is 34.1. The summed E-state index contributed by atoms with van der Waals surface area (Å²) >= 11 is 1.19. The van der Waals surface area contributed by atoms with Gasteiger partial charge < -0.3 is 69.0 Å². The number of aliphatic hydroxyl groups is 2. The number of nitrogens with zero attached hydrogens (tertiary/aromatic N) is 5. The molecule has 2 aromatic rings. The van der Waals surface area contributed by atoms with Gasteiger partial charge in [0.2, 0.25) is 29.5 Å². The Bertz CT molecular complexity index is 2150. The van der Waals surface area contributed by atoms with Crippen molar-refractivity contribution in [3.63, 3.8) is 0 Å². The normalized spacial score (nSPS) is 22.9. The van der Waals surface area contributed by atoms with E-state index in [2.05, 4.69) is 43.5 Å². The van der Waals surface area contributed by atoms with E-state index in [-0.39, 0.29) is 73.6 Å². The van der Waals surface area contributed by atoms with Crippen molar-refractivity contribution in [2.75, 3.05) is 44.3 Å². The van der Waals surface area contributed by atoms with Crippen molar-refractivity contribution in [3.8, 4) is 0 Å². The Kier molecular flexibility index (Phi) is 18.9. The predicted octanol–water partition coefficient (Wildman–Crippen LogP) is -4.71. The van der Waals surface area contributed by atoms with Crippen molar-refractivity contribution in [3.05, 3.63) is 12.7 Å². The van der Waals surface area contributed by atoms with E-state index in [9.17, 15) is 67.5 Å². The maximum Gasteiger partial charge on any atom is 0.274 e. The first-order valence-electron chi connectivity index (χ1n) is 19.1. The SMILES string of the molecule is CC(C)(COP(=O)([O-])OP(=O)([O-])OC[C@H]1O[C@@H](n2cnc3c(N)ncnc32)[C@@H](O)C1OP(=O)([O-])[O-])[C@@H](O)C(=O)NCCC(=O)NCCS[C@H]1CC(=O)N(CCCCCC(=O)NN)C1=O. The molecule has 0 aliphatic carbocycles. The molecule has 0 saturated carbocycles. The van der Waals surface area contributed by atoms with Gasteiger partial charge in [-0.3, -0.25) is 48.0 Å².